The summed E-state index contributed by atoms with van der Waals surface area (Å²) in [7, 11) is 0. The summed E-state index contributed by atoms with van der Waals surface area (Å²) < 4.78 is 0. The second kappa shape index (κ2) is 5.50. The third-order valence-corrected chi connectivity index (χ3v) is 5.44. The van der Waals surface area contributed by atoms with Crippen LogP contribution in [0.2, 0.25) is 0 Å². The Balaban J connectivity index is 1.95. The van der Waals surface area contributed by atoms with Gasteiger partial charge in [-0.05, 0) is 56.5 Å². The molecule has 1 atom stereocenters. The van der Waals surface area contributed by atoms with Gasteiger partial charge in [0, 0.05) is 12.1 Å². The summed E-state index contributed by atoms with van der Waals surface area (Å²) in [5.74, 6) is 0.982. The van der Waals surface area contributed by atoms with Gasteiger partial charge in [0.05, 0.1) is 0 Å². The highest BCUT2D eigenvalue weighted by Crippen LogP contribution is 2.47. The average Bonchev–Trinajstić information content (AvgIpc) is 2.68. The molecule has 0 spiro atoms. The highest BCUT2D eigenvalue weighted by molar-refractivity contribution is 5.03. The van der Waals surface area contributed by atoms with E-state index < -0.39 is 0 Å². The molecule has 1 saturated heterocycles. The summed E-state index contributed by atoms with van der Waals surface area (Å²) in [5, 5.41) is 0. The van der Waals surface area contributed by atoms with Gasteiger partial charge in [0.1, 0.15) is 0 Å². The minimum Gasteiger partial charge on any atom is -0.329 e. The van der Waals surface area contributed by atoms with Gasteiger partial charge in [0.25, 0.3) is 0 Å². The van der Waals surface area contributed by atoms with Crippen LogP contribution >= 0.6 is 0 Å². The molecule has 2 N–H and O–H groups in total. The SMILES string of the molecule is CCCC1CCN(C2(CN)CCC(C)(C)C2)CC1. The Hall–Kier alpha value is -0.0800. The molecule has 1 heterocycles. The molecule has 2 nitrogen and oxygen atoms in total. The van der Waals surface area contributed by atoms with Crippen molar-refractivity contribution in [2.45, 2.75) is 71.3 Å². The lowest BCUT2D eigenvalue weighted by atomic mass is 9.84. The molecule has 0 bridgehead atoms. The van der Waals surface area contributed by atoms with Gasteiger partial charge in [-0.25, -0.2) is 0 Å². The maximum atomic E-state index is 6.17. The predicted octanol–water partition coefficient (Wildman–Crippen LogP) is 3.41. The molecule has 0 amide bonds. The van der Waals surface area contributed by atoms with E-state index in [-0.39, 0.29) is 0 Å². The van der Waals surface area contributed by atoms with E-state index in [4.69, 9.17) is 5.73 Å². The molecule has 2 heteroatoms. The van der Waals surface area contributed by atoms with Gasteiger partial charge in [-0.3, -0.25) is 4.90 Å². The Morgan fingerprint density at radius 3 is 2.28 bits per heavy atom. The van der Waals surface area contributed by atoms with E-state index in [2.05, 4.69) is 25.7 Å². The van der Waals surface area contributed by atoms with Crippen LogP contribution < -0.4 is 5.73 Å². The number of hydrogen-bond donors (Lipinski definition) is 1. The molecule has 1 saturated carbocycles. The van der Waals surface area contributed by atoms with E-state index in [0.29, 0.717) is 11.0 Å². The predicted molar refractivity (Wildman–Crippen MR) is 78.6 cm³/mol. The van der Waals surface area contributed by atoms with Crippen molar-refractivity contribution >= 4 is 0 Å². The van der Waals surface area contributed by atoms with Crippen molar-refractivity contribution in [2.75, 3.05) is 19.6 Å². The van der Waals surface area contributed by atoms with Gasteiger partial charge >= 0.3 is 0 Å². The normalized spacial score (nSPS) is 34.0. The largest absolute Gasteiger partial charge is 0.329 e. The first-order valence-corrected chi connectivity index (χ1v) is 7.96. The zero-order valence-corrected chi connectivity index (χ0v) is 12.7. The van der Waals surface area contributed by atoms with Gasteiger partial charge in [-0.15, -0.1) is 0 Å². The van der Waals surface area contributed by atoms with Crippen molar-refractivity contribution in [1.29, 1.82) is 0 Å². The molecule has 1 unspecified atom stereocenters. The number of piperidine rings is 1. The zero-order chi connectivity index (χ0) is 13.2. The Morgan fingerprint density at radius 1 is 1.17 bits per heavy atom. The van der Waals surface area contributed by atoms with Crippen molar-refractivity contribution in [2.24, 2.45) is 17.1 Å². The second-order valence-electron chi connectivity index (χ2n) is 7.49. The molecular weight excluding hydrogens is 220 g/mol. The van der Waals surface area contributed by atoms with Crippen molar-refractivity contribution in [1.82, 2.24) is 4.90 Å². The Bertz CT molecular complexity index is 266. The lowest BCUT2D eigenvalue weighted by Gasteiger charge is -2.45. The fourth-order valence-corrected chi connectivity index (χ4v) is 4.32. The number of rotatable bonds is 4. The van der Waals surface area contributed by atoms with Crippen LogP contribution in [0.4, 0.5) is 0 Å². The molecule has 106 valence electrons. The van der Waals surface area contributed by atoms with Crippen LogP contribution in [-0.4, -0.2) is 30.1 Å². The molecule has 2 aliphatic rings. The Kier molecular flexibility index (Phi) is 4.38. The summed E-state index contributed by atoms with van der Waals surface area (Å²) >= 11 is 0. The smallest absolute Gasteiger partial charge is 0.0337 e. The number of likely N-dealkylation sites (tertiary alicyclic amines) is 1. The molecule has 0 aromatic carbocycles. The number of nitrogens with zero attached hydrogens (tertiary/aromatic N) is 1. The molecule has 1 aliphatic heterocycles. The van der Waals surface area contributed by atoms with Crippen LogP contribution in [0.3, 0.4) is 0 Å². The molecular formula is C16H32N2. The van der Waals surface area contributed by atoms with Gasteiger partial charge in [0.2, 0.25) is 0 Å². The van der Waals surface area contributed by atoms with Gasteiger partial charge in [-0.1, -0.05) is 33.6 Å². The first-order chi connectivity index (χ1) is 8.51. The maximum Gasteiger partial charge on any atom is 0.0337 e. The van der Waals surface area contributed by atoms with Crippen LogP contribution in [0.15, 0.2) is 0 Å². The van der Waals surface area contributed by atoms with E-state index in [1.54, 1.807) is 0 Å². The van der Waals surface area contributed by atoms with Crippen LogP contribution in [0.25, 0.3) is 0 Å². The topological polar surface area (TPSA) is 29.3 Å². The zero-order valence-electron chi connectivity index (χ0n) is 12.7. The third kappa shape index (κ3) is 2.91. The summed E-state index contributed by atoms with van der Waals surface area (Å²) in [6, 6.07) is 0. The summed E-state index contributed by atoms with van der Waals surface area (Å²) in [6.45, 7) is 10.6. The van der Waals surface area contributed by atoms with Gasteiger partial charge < -0.3 is 5.73 Å². The van der Waals surface area contributed by atoms with Gasteiger partial charge in [0.15, 0.2) is 0 Å². The monoisotopic (exact) mass is 252 g/mol. The molecule has 1 aliphatic carbocycles. The second-order valence-corrected chi connectivity index (χ2v) is 7.49. The lowest BCUT2D eigenvalue weighted by molar-refractivity contribution is 0.0500. The van der Waals surface area contributed by atoms with Crippen LogP contribution in [0.5, 0.6) is 0 Å². The van der Waals surface area contributed by atoms with Crippen molar-refractivity contribution in [3.8, 4) is 0 Å². The van der Waals surface area contributed by atoms with Crippen molar-refractivity contribution < 1.29 is 0 Å². The van der Waals surface area contributed by atoms with Gasteiger partial charge in [-0.2, -0.15) is 0 Å². The van der Waals surface area contributed by atoms with E-state index >= 15 is 0 Å². The van der Waals surface area contributed by atoms with Crippen LogP contribution in [-0.2, 0) is 0 Å². The highest BCUT2D eigenvalue weighted by Gasteiger charge is 2.46. The first-order valence-electron chi connectivity index (χ1n) is 7.96. The van der Waals surface area contributed by atoms with Crippen LogP contribution in [0.1, 0.15) is 65.7 Å². The van der Waals surface area contributed by atoms with Crippen LogP contribution in [0, 0.1) is 11.3 Å². The highest BCUT2D eigenvalue weighted by atomic mass is 15.2. The minimum atomic E-state index is 0.334. The maximum absolute atomic E-state index is 6.17. The standard InChI is InChI=1S/C16H32N2/c1-4-5-14-6-10-18(11-7-14)16(13-17)9-8-15(2,3)12-16/h14H,4-13,17H2,1-3H3. The van der Waals surface area contributed by atoms with E-state index in [9.17, 15) is 0 Å². The molecule has 0 aromatic heterocycles. The molecule has 2 rings (SSSR count). The molecule has 0 radical (unpaired) electrons. The third-order valence-electron chi connectivity index (χ3n) is 5.44. The fraction of sp³-hybridized carbons (Fsp3) is 1.00. The number of nitrogens with two attached hydrogens (primary N) is 1. The summed E-state index contributed by atoms with van der Waals surface area (Å²) in [4.78, 5) is 2.74. The summed E-state index contributed by atoms with van der Waals surface area (Å²) in [5.41, 5.74) is 7.01. The summed E-state index contributed by atoms with van der Waals surface area (Å²) in [6.07, 6.45) is 9.53. The van der Waals surface area contributed by atoms with E-state index in [1.807, 2.05) is 0 Å². The first kappa shape index (κ1) is 14.3. The van der Waals surface area contributed by atoms with E-state index in [1.165, 1.54) is 58.0 Å². The Labute approximate surface area is 113 Å². The quantitative estimate of drug-likeness (QED) is 0.831. The fourth-order valence-electron chi connectivity index (χ4n) is 4.32. The molecule has 2 fully saturated rings. The van der Waals surface area contributed by atoms with E-state index in [0.717, 1.165) is 12.5 Å². The lowest BCUT2D eigenvalue weighted by Crippen LogP contribution is -2.55. The van der Waals surface area contributed by atoms with Crippen molar-refractivity contribution in [3.63, 3.8) is 0 Å². The molecule has 0 aromatic rings. The number of hydrogen-bond acceptors (Lipinski definition) is 2. The van der Waals surface area contributed by atoms with Crippen molar-refractivity contribution in [3.05, 3.63) is 0 Å². The molecule has 18 heavy (non-hydrogen) atoms. The average molecular weight is 252 g/mol. The Morgan fingerprint density at radius 2 is 1.83 bits per heavy atom. The minimum absolute atomic E-state index is 0.334.